The molecule has 1 atom stereocenters. The van der Waals surface area contributed by atoms with Crippen LogP contribution in [0.3, 0.4) is 0 Å². The summed E-state index contributed by atoms with van der Waals surface area (Å²) in [6.07, 6.45) is 3.69. The largest absolute Gasteiger partial charge is 0.397 e. The number of carbonyl (C=O) groups excluding carboxylic acids is 1. The van der Waals surface area contributed by atoms with E-state index >= 15 is 0 Å². The summed E-state index contributed by atoms with van der Waals surface area (Å²) in [4.78, 5) is 14.9. The molecule has 2 fully saturated rings. The van der Waals surface area contributed by atoms with Gasteiger partial charge in [-0.25, -0.2) is 0 Å². The van der Waals surface area contributed by atoms with Crippen molar-refractivity contribution in [2.75, 3.05) is 37.9 Å². The van der Waals surface area contributed by atoms with Crippen molar-refractivity contribution in [2.24, 2.45) is 0 Å². The van der Waals surface area contributed by atoms with Crippen LogP contribution < -0.4 is 16.0 Å². The zero-order chi connectivity index (χ0) is 14.3. The highest BCUT2D eigenvalue weighted by molar-refractivity contribution is 7.18. The molecule has 0 aromatic carbocycles. The van der Waals surface area contributed by atoms with Crippen LogP contribution in [-0.4, -0.2) is 39.3 Å². The van der Waals surface area contributed by atoms with Crippen LogP contribution in [0.1, 0.15) is 40.4 Å². The molecule has 1 aromatic rings. The molecule has 6 heteroatoms. The van der Waals surface area contributed by atoms with Crippen molar-refractivity contribution >= 4 is 27.9 Å². The van der Waals surface area contributed by atoms with E-state index in [0.29, 0.717) is 16.5 Å². The quantitative estimate of drug-likeness (QED) is 0.888. The molecule has 0 bridgehead atoms. The van der Waals surface area contributed by atoms with E-state index in [1.165, 1.54) is 34.7 Å². The summed E-state index contributed by atoms with van der Waals surface area (Å²) >= 11 is 1.53. The molecule has 1 aliphatic carbocycles. The van der Waals surface area contributed by atoms with Gasteiger partial charge in [0.2, 0.25) is 0 Å². The highest BCUT2D eigenvalue weighted by Gasteiger charge is 2.36. The van der Waals surface area contributed by atoms with Crippen LogP contribution in [0.25, 0.3) is 0 Å². The van der Waals surface area contributed by atoms with Gasteiger partial charge < -0.3 is 20.7 Å². The van der Waals surface area contributed by atoms with Gasteiger partial charge in [-0.15, -0.1) is 11.3 Å². The second-order valence-corrected chi connectivity index (χ2v) is 6.51. The maximum Gasteiger partial charge on any atom is 0.263 e. The third-order valence-electron chi connectivity index (χ3n) is 4.15. The second-order valence-electron chi connectivity index (χ2n) is 5.51. The fourth-order valence-corrected chi connectivity index (χ4v) is 4.12. The standard InChI is InChI=1S/C14H21N3O2S/c1-16-13(18)12-11(15)10(8-3-4-8)14(20-12)17-6-5-9(7-17)19-2/h8-9H,3-7,15H2,1-2H3,(H,16,18). The van der Waals surface area contributed by atoms with E-state index in [2.05, 4.69) is 10.2 Å². The number of amides is 1. The lowest BCUT2D eigenvalue weighted by Gasteiger charge is -2.18. The molecule has 2 aliphatic rings. The normalized spacial score (nSPS) is 22.3. The summed E-state index contributed by atoms with van der Waals surface area (Å²) in [7, 11) is 3.41. The van der Waals surface area contributed by atoms with Crippen molar-refractivity contribution in [1.29, 1.82) is 0 Å². The third-order valence-corrected chi connectivity index (χ3v) is 5.43. The third kappa shape index (κ3) is 2.27. The van der Waals surface area contributed by atoms with E-state index in [1.54, 1.807) is 14.2 Å². The second kappa shape index (κ2) is 5.26. The molecule has 20 heavy (non-hydrogen) atoms. The SMILES string of the molecule is CNC(=O)c1sc(N2CCC(OC)C2)c(C2CC2)c1N. The van der Waals surface area contributed by atoms with Gasteiger partial charge in [0.05, 0.1) is 16.8 Å². The first-order valence-corrected chi connectivity index (χ1v) is 7.89. The first-order valence-electron chi connectivity index (χ1n) is 7.07. The number of nitrogen functional groups attached to an aromatic ring is 1. The Hall–Kier alpha value is -1.27. The summed E-state index contributed by atoms with van der Waals surface area (Å²) in [6.45, 7) is 1.87. The number of nitrogens with one attached hydrogen (secondary N) is 1. The van der Waals surface area contributed by atoms with Crippen molar-refractivity contribution in [3.05, 3.63) is 10.4 Å². The number of carbonyl (C=O) groups is 1. The molecule has 1 amide bonds. The number of thiophene rings is 1. The highest BCUT2D eigenvalue weighted by Crippen LogP contribution is 2.52. The van der Waals surface area contributed by atoms with Crippen LogP contribution in [0.5, 0.6) is 0 Å². The molecule has 2 heterocycles. The fourth-order valence-electron chi connectivity index (χ4n) is 2.83. The minimum Gasteiger partial charge on any atom is -0.397 e. The van der Waals surface area contributed by atoms with Crippen molar-refractivity contribution < 1.29 is 9.53 Å². The van der Waals surface area contributed by atoms with E-state index in [9.17, 15) is 4.79 Å². The van der Waals surface area contributed by atoms with E-state index in [1.807, 2.05) is 0 Å². The molecule has 110 valence electrons. The fraction of sp³-hybridized carbons (Fsp3) is 0.643. The molecule has 0 radical (unpaired) electrons. The molecule has 1 aliphatic heterocycles. The first-order chi connectivity index (χ1) is 9.65. The number of hydrogen-bond acceptors (Lipinski definition) is 5. The summed E-state index contributed by atoms with van der Waals surface area (Å²) < 4.78 is 5.44. The van der Waals surface area contributed by atoms with Gasteiger partial charge >= 0.3 is 0 Å². The van der Waals surface area contributed by atoms with Gasteiger partial charge in [-0.2, -0.15) is 0 Å². The predicted molar refractivity (Wildman–Crippen MR) is 81.7 cm³/mol. The lowest BCUT2D eigenvalue weighted by atomic mass is 10.1. The van der Waals surface area contributed by atoms with Crippen LogP contribution in [-0.2, 0) is 4.74 Å². The van der Waals surface area contributed by atoms with Gasteiger partial charge in [-0.1, -0.05) is 0 Å². The van der Waals surface area contributed by atoms with Crippen molar-refractivity contribution in [2.45, 2.75) is 31.3 Å². The van der Waals surface area contributed by atoms with Crippen molar-refractivity contribution in [3.8, 4) is 0 Å². The van der Waals surface area contributed by atoms with E-state index < -0.39 is 0 Å². The molecule has 1 saturated heterocycles. The number of rotatable bonds is 4. The monoisotopic (exact) mass is 295 g/mol. The van der Waals surface area contributed by atoms with E-state index in [4.69, 9.17) is 10.5 Å². The number of ether oxygens (including phenoxy) is 1. The Morgan fingerprint density at radius 1 is 1.45 bits per heavy atom. The van der Waals surface area contributed by atoms with Crippen LogP contribution in [0, 0.1) is 0 Å². The van der Waals surface area contributed by atoms with E-state index in [0.717, 1.165) is 19.5 Å². The Kier molecular flexibility index (Phi) is 3.60. The van der Waals surface area contributed by atoms with Crippen molar-refractivity contribution in [1.82, 2.24) is 5.32 Å². The molecule has 5 nitrogen and oxygen atoms in total. The highest BCUT2D eigenvalue weighted by atomic mass is 32.1. The molecule has 0 spiro atoms. The lowest BCUT2D eigenvalue weighted by Crippen LogP contribution is -2.22. The van der Waals surface area contributed by atoms with Gasteiger partial charge in [0.1, 0.15) is 4.88 Å². The number of hydrogen-bond donors (Lipinski definition) is 2. The maximum absolute atomic E-state index is 12.0. The minimum absolute atomic E-state index is 0.0804. The van der Waals surface area contributed by atoms with Crippen molar-refractivity contribution in [3.63, 3.8) is 0 Å². The average molecular weight is 295 g/mol. The predicted octanol–water partition coefficient (Wildman–Crippen LogP) is 1.79. The van der Waals surface area contributed by atoms with E-state index in [-0.39, 0.29) is 12.0 Å². The van der Waals surface area contributed by atoms with Gasteiger partial charge in [0.25, 0.3) is 5.91 Å². The van der Waals surface area contributed by atoms with Gasteiger partial charge in [-0.05, 0) is 25.2 Å². The zero-order valence-electron chi connectivity index (χ0n) is 11.9. The summed E-state index contributed by atoms with van der Waals surface area (Å²) in [5.41, 5.74) is 8.14. The smallest absolute Gasteiger partial charge is 0.263 e. The molecule has 1 unspecified atom stereocenters. The molecule has 3 rings (SSSR count). The first kappa shape index (κ1) is 13.7. The Morgan fingerprint density at radius 3 is 2.75 bits per heavy atom. The number of methoxy groups -OCH3 is 1. The van der Waals surface area contributed by atoms with Gasteiger partial charge in [0, 0.05) is 32.8 Å². The van der Waals surface area contributed by atoms with Gasteiger partial charge in [-0.3, -0.25) is 4.79 Å². The Bertz CT molecular complexity index is 525. The molecular formula is C14H21N3O2S. The van der Waals surface area contributed by atoms with Crippen LogP contribution in [0.15, 0.2) is 0 Å². The Balaban J connectivity index is 1.95. The number of nitrogens with zero attached hydrogens (tertiary/aromatic N) is 1. The minimum atomic E-state index is -0.0804. The molecular weight excluding hydrogens is 274 g/mol. The molecule has 1 saturated carbocycles. The van der Waals surface area contributed by atoms with Gasteiger partial charge in [0.15, 0.2) is 0 Å². The lowest BCUT2D eigenvalue weighted by molar-refractivity contribution is 0.0968. The number of nitrogens with two attached hydrogens (primary N) is 1. The Labute approximate surface area is 123 Å². The maximum atomic E-state index is 12.0. The topological polar surface area (TPSA) is 67.6 Å². The number of anilines is 2. The summed E-state index contributed by atoms with van der Waals surface area (Å²) in [5, 5.41) is 3.86. The molecule has 3 N–H and O–H groups in total. The van der Waals surface area contributed by atoms with Crippen LogP contribution >= 0.6 is 11.3 Å². The summed E-state index contributed by atoms with van der Waals surface area (Å²) in [6, 6.07) is 0. The van der Waals surface area contributed by atoms with Crippen LogP contribution in [0.4, 0.5) is 10.7 Å². The Morgan fingerprint density at radius 2 is 2.20 bits per heavy atom. The average Bonchev–Trinajstić information content (AvgIpc) is 3.07. The summed E-state index contributed by atoms with van der Waals surface area (Å²) in [5.74, 6) is 0.462. The zero-order valence-corrected chi connectivity index (χ0v) is 12.8. The van der Waals surface area contributed by atoms with Crippen LogP contribution in [0.2, 0.25) is 0 Å². The molecule has 1 aromatic heterocycles.